The van der Waals surface area contributed by atoms with Crippen LogP contribution < -0.4 is 5.32 Å². The second kappa shape index (κ2) is 6.33. The van der Waals surface area contributed by atoms with E-state index in [0.29, 0.717) is 12.6 Å². The van der Waals surface area contributed by atoms with E-state index in [1.54, 1.807) is 0 Å². The Morgan fingerprint density at radius 2 is 1.95 bits per heavy atom. The van der Waals surface area contributed by atoms with Crippen molar-refractivity contribution in [1.29, 1.82) is 0 Å². The first-order chi connectivity index (χ1) is 9.15. The maximum absolute atomic E-state index is 11.9. The quantitative estimate of drug-likeness (QED) is 0.782. The Morgan fingerprint density at radius 3 is 2.53 bits per heavy atom. The SMILES string of the molecule is O=C(O)CCN(CC(=O)Nc1ccccc1)C1CC1. The first-order valence-electron chi connectivity index (χ1n) is 6.46. The van der Waals surface area contributed by atoms with Crippen LogP contribution in [0, 0.1) is 0 Å². The monoisotopic (exact) mass is 262 g/mol. The standard InChI is InChI=1S/C14H18N2O3/c17-13(15-11-4-2-1-3-5-11)10-16(12-6-7-12)9-8-14(18)19/h1-5,12H,6-10H2,(H,15,17)(H,18,19). The van der Waals surface area contributed by atoms with Gasteiger partial charge in [-0.3, -0.25) is 14.5 Å². The Hall–Kier alpha value is -1.88. The maximum Gasteiger partial charge on any atom is 0.304 e. The molecule has 102 valence electrons. The summed E-state index contributed by atoms with van der Waals surface area (Å²) in [7, 11) is 0. The van der Waals surface area contributed by atoms with Crippen LogP contribution in [-0.4, -0.2) is 41.0 Å². The Morgan fingerprint density at radius 1 is 1.26 bits per heavy atom. The first kappa shape index (κ1) is 13.5. The van der Waals surface area contributed by atoms with Crippen molar-refractivity contribution in [1.82, 2.24) is 4.90 Å². The number of rotatable bonds is 7. The molecule has 0 spiro atoms. The molecule has 1 saturated carbocycles. The third kappa shape index (κ3) is 4.71. The third-order valence-corrected chi connectivity index (χ3v) is 3.08. The molecular formula is C14H18N2O3. The number of nitrogens with one attached hydrogen (secondary N) is 1. The molecule has 1 aromatic carbocycles. The molecule has 0 saturated heterocycles. The van der Waals surface area contributed by atoms with Gasteiger partial charge in [-0.15, -0.1) is 0 Å². The van der Waals surface area contributed by atoms with Crippen LogP contribution in [0.4, 0.5) is 5.69 Å². The second-order valence-electron chi connectivity index (χ2n) is 4.76. The van der Waals surface area contributed by atoms with Gasteiger partial charge in [0.1, 0.15) is 0 Å². The van der Waals surface area contributed by atoms with Crippen LogP contribution in [0.5, 0.6) is 0 Å². The summed E-state index contributed by atoms with van der Waals surface area (Å²) >= 11 is 0. The van der Waals surface area contributed by atoms with Gasteiger partial charge in [-0.2, -0.15) is 0 Å². The van der Waals surface area contributed by atoms with E-state index in [1.165, 1.54) is 0 Å². The summed E-state index contributed by atoms with van der Waals surface area (Å²) in [6, 6.07) is 9.64. The molecule has 5 nitrogen and oxygen atoms in total. The zero-order valence-corrected chi connectivity index (χ0v) is 10.7. The van der Waals surface area contributed by atoms with E-state index in [2.05, 4.69) is 5.32 Å². The summed E-state index contributed by atoms with van der Waals surface area (Å²) in [5, 5.41) is 11.5. The number of amides is 1. The van der Waals surface area contributed by atoms with Gasteiger partial charge in [0, 0.05) is 18.3 Å². The molecule has 0 aromatic heterocycles. The van der Waals surface area contributed by atoms with Crippen molar-refractivity contribution in [3.63, 3.8) is 0 Å². The molecule has 19 heavy (non-hydrogen) atoms. The molecule has 0 heterocycles. The van der Waals surface area contributed by atoms with Crippen molar-refractivity contribution in [2.75, 3.05) is 18.4 Å². The fourth-order valence-electron chi connectivity index (χ4n) is 1.98. The molecule has 1 fully saturated rings. The number of carbonyl (C=O) groups excluding carboxylic acids is 1. The molecule has 1 aromatic rings. The zero-order valence-electron chi connectivity index (χ0n) is 10.7. The van der Waals surface area contributed by atoms with Crippen LogP contribution in [-0.2, 0) is 9.59 Å². The fraction of sp³-hybridized carbons (Fsp3) is 0.429. The normalized spacial score (nSPS) is 14.4. The topological polar surface area (TPSA) is 69.6 Å². The van der Waals surface area contributed by atoms with E-state index in [9.17, 15) is 9.59 Å². The van der Waals surface area contributed by atoms with Crippen molar-refractivity contribution in [3.8, 4) is 0 Å². The molecule has 1 amide bonds. The summed E-state index contributed by atoms with van der Waals surface area (Å²) in [5.74, 6) is -0.919. The lowest BCUT2D eigenvalue weighted by Gasteiger charge is -2.20. The number of benzene rings is 1. The molecule has 0 bridgehead atoms. The maximum atomic E-state index is 11.9. The van der Waals surface area contributed by atoms with Gasteiger partial charge in [0.2, 0.25) is 5.91 Å². The van der Waals surface area contributed by atoms with Crippen molar-refractivity contribution in [2.45, 2.75) is 25.3 Å². The van der Waals surface area contributed by atoms with Crippen LogP contribution in [0.1, 0.15) is 19.3 Å². The molecule has 2 rings (SSSR count). The van der Waals surface area contributed by atoms with E-state index < -0.39 is 5.97 Å². The van der Waals surface area contributed by atoms with Gasteiger partial charge in [0.25, 0.3) is 0 Å². The lowest BCUT2D eigenvalue weighted by Crippen LogP contribution is -2.36. The largest absolute Gasteiger partial charge is 0.481 e. The number of carbonyl (C=O) groups is 2. The van der Waals surface area contributed by atoms with E-state index in [-0.39, 0.29) is 18.9 Å². The highest BCUT2D eigenvalue weighted by atomic mass is 16.4. The van der Waals surface area contributed by atoms with Gasteiger partial charge in [-0.05, 0) is 25.0 Å². The van der Waals surface area contributed by atoms with Crippen molar-refractivity contribution in [3.05, 3.63) is 30.3 Å². The number of carboxylic acids is 1. The molecule has 0 aliphatic heterocycles. The van der Waals surface area contributed by atoms with Crippen LogP contribution in [0.3, 0.4) is 0 Å². The second-order valence-corrected chi connectivity index (χ2v) is 4.76. The number of nitrogens with zero attached hydrogens (tertiary/aromatic N) is 1. The van der Waals surface area contributed by atoms with Gasteiger partial charge < -0.3 is 10.4 Å². The highest BCUT2D eigenvalue weighted by Crippen LogP contribution is 2.26. The zero-order chi connectivity index (χ0) is 13.7. The average Bonchev–Trinajstić information content (AvgIpc) is 3.19. The van der Waals surface area contributed by atoms with Crippen LogP contribution in [0.25, 0.3) is 0 Å². The van der Waals surface area contributed by atoms with Crippen LogP contribution >= 0.6 is 0 Å². The summed E-state index contributed by atoms with van der Waals surface area (Å²) in [4.78, 5) is 24.4. The number of carboxylic acid groups (broad SMARTS) is 1. The van der Waals surface area contributed by atoms with Crippen molar-refractivity contribution >= 4 is 17.6 Å². The van der Waals surface area contributed by atoms with Crippen LogP contribution in [0.15, 0.2) is 30.3 Å². The predicted octanol–water partition coefficient (Wildman–Crippen LogP) is 1.56. The molecule has 0 atom stereocenters. The fourth-order valence-corrected chi connectivity index (χ4v) is 1.98. The van der Waals surface area contributed by atoms with Crippen LogP contribution in [0.2, 0.25) is 0 Å². The summed E-state index contributed by atoms with van der Waals surface area (Å²) in [5.41, 5.74) is 0.765. The Kier molecular flexibility index (Phi) is 4.52. The van der Waals surface area contributed by atoms with Gasteiger partial charge in [-0.25, -0.2) is 0 Å². The molecule has 0 unspecified atom stereocenters. The minimum Gasteiger partial charge on any atom is -0.481 e. The highest BCUT2D eigenvalue weighted by molar-refractivity contribution is 5.92. The Labute approximate surface area is 112 Å². The third-order valence-electron chi connectivity index (χ3n) is 3.08. The van der Waals surface area contributed by atoms with E-state index >= 15 is 0 Å². The molecule has 1 aliphatic rings. The molecule has 1 aliphatic carbocycles. The van der Waals surface area contributed by atoms with Gasteiger partial charge >= 0.3 is 5.97 Å². The summed E-state index contributed by atoms with van der Waals surface area (Å²) < 4.78 is 0. The van der Waals surface area contributed by atoms with E-state index in [0.717, 1.165) is 18.5 Å². The van der Waals surface area contributed by atoms with Crippen molar-refractivity contribution < 1.29 is 14.7 Å². The first-order valence-corrected chi connectivity index (χ1v) is 6.46. The molecule has 5 heteroatoms. The number of aliphatic carboxylic acids is 1. The number of hydrogen-bond acceptors (Lipinski definition) is 3. The number of para-hydroxylation sites is 1. The Balaban J connectivity index is 1.83. The molecule has 0 radical (unpaired) electrons. The number of hydrogen-bond donors (Lipinski definition) is 2. The smallest absolute Gasteiger partial charge is 0.304 e. The molecular weight excluding hydrogens is 244 g/mol. The molecule has 2 N–H and O–H groups in total. The Bertz CT molecular complexity index is 443. The van der Waals surface area contributed by atoms with Gasteiger partial charge in [0.05, 0.1) is 13.0 Å². The summed E-state index contributed by atoms with van der Waals surface area (Å²) in [6.07, 6.45) is 2.19. The lowest BCUT2D eigenvalue weighted by molar-refractivity contribution is -0.137. The lowest BCUT2D eigenvalue weighted by atomic mass is 10.3. The highest BCUT2D eigenvalue weighted by Gasteiger charge is 2.30. The number of anilines is 1. The minimum atomic E-state index is -0.825. The summed E-state index contributed by atoms with van der Waals surface area (Å²) in [6.45, 7) is 0.690. The predicted molar refractivity (Wildman–Crippen MR) is 71.9 cm³/mol. The van der Waals surface area contributed by atoms with Gasteiger partial charge in [-0.1, -0.05) is 18.2 Å². The van der Waals surface area contributed by atoms with E-state index in [1.807, 2.05) is 35.2 Å². The van der Waals surface area contributed by atoms with Crippen molar-refractivity contribution in [2.24, 2.45) is 0 Å². The average molecular weight is 262 g/mol. The van der Waals surface area contributed by atoms with Gasteiger partial charge in [0.15, 0.2) is 0 Å². The van der Waals surface area contributed by atoms with E-state index in [4.69, 9.17) is 5.11 Å². The minimum absolute atomic E-state index is 0.0785.